The molecule has 1 aromatic rings. The zero-order valence-electron chi connectivity index (χ0n) is 14.2. The fraction of sp³-hybridized carbons (Fsp3) is 0.579. The fourth-order valence-corrected chi connectivity index (χ4v) is 2.42. The molecule has 0 bridgehead atoms. The topological polar surface area (TPSA) is 55.4 Å². The minimum absolute atomic E-state index is 0.0362. The Morgan fingerprint density at radius 1 is 1.22 bits per heavy atom. The minimum atomic E-state index is -0.0640. The summed E-state index contributed by atoms with van der Waals surface area (Å²) in [6, 6.07) is 5.83. The van der Waals surface area contributed by atoms with Gasteiger partial charge in [-0.3, -0.25) is 9.59 Å². The van der Waals surface area contributed by atoms with Gasteiger partial charge in [-0.05, 0) is 50.7 Å². The predicted molar refractivity (Wildman–Crippen MR) is 90.7 cm³/mol. The normalized spacial score (nSPS) is 13.8. The Morgan fingerprint density at radius 3 is 2.74 bits per heavy atom. The van der Waals surface area contributed by atoms with Gasteiger partial charge in [-0.1, -0.05) is 17.7 Å². The highest BCUT2D eigenvalue weighted by atomic mass is 16.5. The lowest BCUT2D eigenvalue weighted by molar-refractivity contribution is -0.121. The molecule has 1 aliphatic carbocycles. The standard InChI is InChI=1S/C19H27NO3/c1-14-4-5-15(2)17(12-14)18(21)8-9-19(22)20-10-3-11-23-13-16-6-7-16/h4-5,12,16H,3,6-11,13H2,1-2H3,(H,20,22). The van der Waals surface area contributed by atoms with Crippen LogP contribution in [-0.2, 0) is 9.53 Å². The molecule has 0 atom stereocenters. The lowest BCUT2D eigenvalue weighted by atomic mass is 9.99. The van der Waals surface area contributed by atoms with Crippen molar-refractivity contribution >= 4 is 11.7 Å². The Morgan fingerprint density at radius 2 is 2.00 bits per heavy atom. The van der Waals surface area contributed by atoms with Crippen LogP contribution in [0.3, 0.4) is 0 Å². The molecule has 0 heterocycles. The van der Waals surface area contributed by atoms with Gasteiger partial charge in [0.25, 0.3) is 0 Å². The highest BCUT2D eigenvalue weighted by Gasteiger charge is 2.20. The fourth-order valence-electron chi connectivity index (χ4n) is 2.42. The Kier molecular flexibility index (Phi) is 6.78. The second kappa shape index (κ2) is 8.82. The molecule has 0 unspecified atom stereocenters. The Labute approximate surface area is 138 Å². The molecule has 0 spiro atoms. The van der Waals surface area contributed by atoms with Gasteiger partial charge in [0, 0.05) is 38.2 Å². The monoisotopic (exact) mass is 317 g/mol. The van der Waals surface area contributed by atoms with E-state index < -0.39 is 0 Å². The molecular formula is C19H27NO3. The van der Waals surface area contributed by atoms with Crippen molar-refractivity contribution < 1.29 is 14.3 Å². The van der Waals surface area contributed by atoms with E-state index >= 15 is 0 Å². The number of benzene rings is 1. The number of carbonyl (C=O) groups is 2. The number of hydrogen-bond donors (Lipinski definition) is 1. The summed E-state index contributed by atoms with van der Waals surface area (Å²) in [5.74, 6) is 0.751. The minimum Gasteiger partial charge on any atom is -0.381 e. The van der Waals surface area contributed by atoms with Crippen molar-refractivity contribution in [3.63, 3.8) is 0 Å². The highest BCUT2D eigenvalue weighted by Crippen LogP contribution is 2.28. The van der Waals surface area contributed by atoms with Crippen LogP contribution in [0.5, 0.6) is 0 Å². The predicted octanol–water partition coefficient (Wildman–Crippen LogP) is 3.20. The van der Waals surface area contributed by atoms with Crippen LogP contribution in [-0.4, -0.2) is 31.4 Å². The number of amides is 1. The molecular weight excluding hydrogens is 290 g/mol. The maximum Gasteiger partial charge on any atom is 0.220 e. The van der Waals surface area contributed by atoms with Crippen molar-refractivity contribution in [1.29, 1.82) is 0 Å². The maximum absolute atomic E-state index is 12.2. The van der Waals surface area contributed by atoms with E-state index in [1.54, 1.807) is 0 Å². The Balaban J connectivity index is 1.59. The molecule has 4 nitrogen and oxygen atoms in total. The number of aryl methyl sites for hydroxylation is 2. The first-order valence-corrected chi connectivity index (χ1v) is 8.51. The Hall–Kier alpha value is -1.68. The van der Waals surface area contributed by atoms with Crippen LogP contribution in [0.25, 0.3) is 0 Å². The van der Waals surface area contributed by atoms with Crippen molar-refractivity contribution in [2.45, 2.75) is 46.0 Å². The smallest absolute Gasteiger partial charge is 0.220 e. The first kappa shape index (κ1) is 17.7. The second-order valence-electron chi connectivity index (χ2n) is 6.46. The van der Waals surface area contributed by atoms with Crippen LogP contribution in [0, 0.1) is 19.8 Å². The zero-order valence-corrected chi connectivity index (χ0v) is 14.2. The molecule has 1 N–H and O–H groups in total. The summed E-state index contributed by atoms with van der Waals surface area (Å²) >= 11 is 0. The molecule has 2 rings (SSSR count). The summed E-state index contributed by atoms with van der Waals surface area (Å²) < 4.78 is 5.51. The molecule has 1 saturated carbocycles. The third kappa shape index (κ3) is 6.53. The van der Waals surface area contributed by atoms with Crippen molar-refractivity contribution in [3.8, 4) is 0 Å². The van der Waals surface area contributed by atoms with Crippen molar-refractivity contribution in [2.75, 3.05) is 19.8 Å². The summed E-state index contributed by atoms with van der Waals surface area (Å²) in [6.45, 7) is 6.06. The highest BCUT2D eigenvalue weighted by molar-refractivity contribution is 5.99. The van der Waals surface area contributed by atoms with Crippen LogP contribution < -0.4 is 5.32 Å². The lowest BCUT2D eigenvalue weighted by Gasteiger charge is -2.07. The van der Waals surface area contributed by atoms with Gasteiger partial charge in [0.2, 0.25) is 5.91 Å². The quantitative estimate of drug-likeness (QED) is 0.532. The van der Waals surface area contributed by atoms with Gasteiger partial charge >= 0.3 is 0 Å². The van der Waals surface area contributed by atoms with Crippen molar-refractivity contribution in [2.24, 2.45) is 5.92 Å². The summed E-state index contributed by atoms with van der Waals surface area (Å²) in [6.07, 6.45) is 3.92. The SMILES string of the molecule is Cc1ccc(C)c(C(=O)CCC(=O)NCCCOCC2CC2)c1. The zero-order chi connectivity index (χ0) is 16.7. The number of Topliss-reactive ketones (excluding diaryl/α,β-unsaturated/α-hetero) is 1. The van der Waals surface area contributed by atoms with E-state index in [9.17, 15) is 9.59 Å². The Bertz CT molecular complexity index is 550. The largest absolute Gasteiger partial charge is 0.381 e. The molecule has 1 aromatic carbocycles. The van der Waals surface area contributed by atoms with Gasteiger partial charge in [-0.2, -0.15) is 0 Å². The van der Waals surface area contributed by atoms with Crippen molar-refractivity contribution in [3.05, 3.63) is 34.9 Å². The van der Waals surface area contributed by atoms with E-state index in [1.165, 1.54) is 12.8 Å². The average molecular weight is 317 g/mol. The lowest BCUT2D eigenvalue weighted by Crippen LogP contribution is -2.25. The summed E-state index contributed by atoms with van der Waals surface area (Å²) in [4.78, 5) is 24.0. The second-order valence-corrected chi connectivity index (χ2v) is 6.46. The van der Waals surface area contributed by atoms with Crippen molar-refractivity contribution in [1.82, 2.24) is 5.32 Å². The number of carbonyl (C=O) groups excluding carboxylic acids is 2. The van der Waals surface area contributed by atoms with Gasteiger partial charge in [-0.15, -0.1) is 0 Å². The summed E-state index contributed by atoms with van der Waals surface area (Å²) in [7, 11) is 0. The van der Waals surface area contributed by atoms with Gasteiger partial charge in [0.1, 0.15) is 0 Å². The van der Waals surface area contributed by atoms with E-state index in [4.69, 9.17) is 4.74 Å². The number of ketones is 1. The van der Waals surface area contributed by atoms with E-state index in [-0.39, 0.29) is 24.5 Å². The van der Waals surface area contributed by atoms with E-state index in [0.717, 1.165) is 35.6 Å². The molecule has 126 valence electrons. The molecule has 1 amide bonds. The van der Waals surface area contributed by atoms with Gasteiger partial charge < -0.3 is 10.1 Å². The van der Waals surface area contributed by atoms with E-state index in [0.29, 0.717) is 13.2 Å². The van der Waals surface area contributed by atoms with Gasteiger partial charge in [-0.25, -0.2) is 0 Å². The molecule has 4 heteroatoms. The average Bonchev–Trinajstić information content (AvgIpc) is 3.35. The van der Waals surface area contributed by atoms with Crippen LogP contribution in [0.4, 0.5) is 0 Å². The molecule has 1 fully saturated rings. The summed E-state index contributed by atoms with van der Waals surface area (Å²) in [5, 5.41) is 2.85. The number of hydrogen-bond acceptors (Lipinski definition) is 3. The summed E-state index contributed by atoms with van der Waals surface area (Å²) in [5.41, 5.74) is 2.76. The molecule has 0 saturated heterocycles. The first-order valence-electron chi connectivity index (χ1n) is 8.51. The number of nitrogens with one attached hydrogen (secondary N) is 1. The van der Waals surface area contributed by atoms with Crippen LogP contribution in [0.15, 0.2) is 18.2 Å². The molecule has 1 aliphatic rings. The van der Waals surface area contributed by atoms with Gasteiger partial charge in [0.15, 0.2) is 5.78 Å². The molecule has 23 heavy (non-hydrogen) atoms. The van der Waals surface area contributed by atoms with Gasteiger partial charge in [0.05, 0.1) is 0 Å². The molecule has 0 radical (unpaired) electrons. The number of ether oxygens (including phenoxy) is 1. The third-order valence-corrected chi connectivity index (χ3v) is 4.11. The van der Waals surface area contributed by atoms with E-state index in [1.807, 2.05) is 32.0 Å². The molecule has 0 aromatic heterocycles. The number of rotatable bonds is 10. The first-order chi connectivity index (χ1) is 11.1. The van der Waals surface area contributed by atoms with E-state index in [2.05, 4.69) is 5.32 Å². The van der Waals surface area contributed by atoms with Crippen LogP contribution >= 0.6 is 0 Å². The molecule has 0 aliphatic heterocycles. The maximum atomic E-state index is 12.2. The van der Waals surface area contributed by atoms with Crippen LogP contribution in [0.1, 0.15) is 53.6 Å². The third-order valence-electron chi connectivity index (χ3n) is 4.11. The van der Waals surface area contributed by atoms with Crippen LogP contribution in [0.2, 0.25) is 0 Å².